The van der Waals surface area contributed by atoms with Gasteiger partial charge in [0.15, 0.2) is 6.04 Å². The molecule has 8 amide bonds. The first-order valence-electron chi connectivity index (χ1n) is 31.4. The maximum Gasteiger partial charge on any atom is 0.328 e. The lowest BCUT2D eigenvalue weighted by molar-refractivity contribution is -0.145. The second-order valence-electron chi connectivity index (χ2n) is 23.5. The first-order valence-corrected chi connectivity index (χ1v) is 33.9. The number of H-pyrrole nitrogens is 1. The molecule has 4 aromatic rings. The summed E-state index contributed by atoms with van der Waals surface area (Å²) in [5.74, 6) is -16.7. The summed E-state index contributed by atoms with van der Waals surface area (Å²) in [6.45, 7) is -2.24. The average Bonchev–Trinajstić information content (AvgIpc) is 1.78. The van der Waals surface area contributed by atoms with E-state index in [0.29, 0.717) is 34.0 Å². The number of carbonyl (C=O) groups is 13. The first-order chi connectivity index (χ1) is 47.0. The van der Waals surface area contributed by atoms with Crippen LogP contribution in [0.5, 0.6) is 5.75 Å². The molecule has 0 radical (unpaired) electrons. The molecule has 5 rings (SSSR count). The summed E-state index contributed by atoms with van der Waals surface area (Å²) in [7, 11) is 1.57. The van der Waals surface area contributed by atoms with Gasteiger partial charge >= 0.3 is 29.8 Å². The Hall–Kier alpha value is -9.43. The van der Waals surface area contributed by atoms with Crippen molar-refractivity contribution in [3.63, 3.8) is 0 Å². The zero-order valence-corrected chi connectivity index (χ0v) is 55.8. The molecule has 1 aliphatic heterocycles. The number of rotatable bonds is 34. The monoisotopic (exact) mass is 1420 g/mol. The molecule has 1 aromatic heterocycles. The number of para-hydroxylation sites is 1. The van der Waals surface area contributed by atoms with Gasteiger partial charge in [0.1, 0.15) is 48.0 Å². The molecule has 540 valence electrons. The highest BCUT2D eigenvalue weighted by molar-refractivity contribution is 8.76. The van der Waals surface area contributed by atoms with Gasteiger partial charge in [-0.05, 0) is 74.5 Å². The molecule has 36 heteroatoms. The highest BCUT2D eigenvalue weighted by Gasteiger charge is 2.38. The van der Waals surface area contributed by atoms with Gasteiger partial charge in [-0.2, -0.15) is 0 Å². The van der Waals surface area contributed by atoms with Crippen molar-refractivity contribution >= 4 is 110 Å². The fraction of sp³-hybridized carbons (Fsp3) is 0.476. The van der Waals surface area contributed by atoms with Gasteiger partial charge in [0.05, 0.1) is 44.9 Å². The van der Waals surface area contributed by atoms with Gasteiger partial charge in [0, 0.05) is 74.0 Å². The van der Waals surface area contributed by atoms with Crippen LogP contribution in [0.4, 0.5) is 0 Å². The number of aromatic amines is 1. The number of phenolic OH excluding ortho intramolecular Hbond substituents is 1. The number of nitrogens with one attached hydrogen (secondary N) is 9. The van der Waals surface area contributed by atoms with Crippen LogP contribution in [-0.4, -0.2) is 275 Å². The predicted molar refractivity (Wildman–Crippen MR) is 358 cm³/mol. The number of hydrogen-bond donors (Lipinski definition) is 18. The third-order valence-electron chi connectivity index (χ3n) is 15.5. The molecular weight excluding hydrogens is 1340 g/mol. The molecule has 34 nitrogen and oxygen atoms in total. The normalized spacial score (nSPS) is 19.6. The van der Waals surface area contributed by atoms with Crippen LogP contribution in [0, 0.1) is 0 Å². The van der Waals surface area contributed by atoms with Crippen LogP contribution in [0.1, 0.15) is 49.8 Å². The Morgan fingerprint density at radius 3 is 1.71 bits per heavy atom. The van der Waals surface area contributed by atoms with Gasteiger partial charge in [-0.3, -0.25) is 72.2 Å². The quantitative estimate of drug-likeness (QED) is 0.0159. The number of hydrogen-bond acceptors (Lipinski definition) is 22. The summed E-state index contributed by atoms with van der Waals surface area (Å²) in [6, 6.07) is 7.10. The Labute approximate surface area is 575 Å². The summed E-state index contributed by atoms with van der Waals surface area (Å²) in [6.07, 6.45) is -2.19. The third-order valence-corrected chi connectivity index (χ3v) is 17.9. The number of aromatic nitrogens is 1. The predicted octanol–water partition coefficient (Wildman–Crippen LogP) is -3.61. The Morgan fingerprint density at radius 2 is 1.12 bits per heavy atom. The lowest BCUT2D eigenvalue weighted by atomic mass is 10.0. The first kappa shape index (κ1) is 80.3. The highest BCUT2D eigenvalue weighted by atomic mass is 33.1. The van der Waals surface area contributed by atoms with Crippen molar-refractivity contribution in [1.29, 1.82) is 0 Å². The molecule has 3 unspecified atom stereocenters. The van der Waals surface area contributed by atoms with Crippen LogP contribution in [0.25, 0.3) is 10.9 Å². The number of aromatic hydroxyl groups is 1. The highest BCUT2D eigenvalue weighted by Crippen LogP contribution is 2.25. The molecule has 1 fully saturated rings. The Bertz CT molecular complexity index is 3420. The van der Waals surface area contributed by atoms with Crippen molar-refractivity contribution in [2.45, 2.75) is 113 Å². The van der Waals surface area contributed by atoms with E-state index in [1.165, 1.54) is 29.2 Å². The minimum Gasteiger partial charge on any atom is -0.508 e. The molecule has 0 spiro atoms. The second kappa shape index (κ2) is 40.5. The van der Waals surface area contributed by atoms with Crippen molar-refractivity contribution in [2.75, 3.05) is 77.0 Å². The van der Waals surface area contributed by atoms with Crippen molar-refractivity contribution in [2.24, 2.45) is 5.73 Å². The van der Waals surface area contributed by atoms with Gasteiger partial charge < -0.3 is 94.1 Å². The van der Waals surface area contributed by atoms with E-state index in [1.807, 2.05) is 0 Å². The molecule has 2 heterocycles. The van der Waals surface area contributed by atoms with Crippen molar-refractivity contribution in [3.8, 4) is 5.75 Å². The van der Waals surface area contributed by atoms with Crippen molar-refractivity contribution < 1.29 is 103 Å². The number of nitrogens with two attached hydrogens (primary N) is 1. The van der Waals surface area contributed by atoms with Crippen molar-refractivity contribution in [3.05, 3.63) is 102 Å². The van der Waals surface area contributed by atoms with Gasteiger partial charge in [0.2, 0.25) is 47.3 Å². The van der Waals surface area contributed by atoms with Crippen molar-refractivity contribution in [1.82, 2.24) is 62.2 Å². The molecule has 0 aliphatic carbocycles. The average molecular weight is 1420 g/mol. The number of carbonyl (C=O) groups excluding carboxylic acids is 8. The standard InChI is InChI=1S/C63H85N13O21S2/c1-35(77)54-62(95)71-48(61(94)73-55(36(2)78)63(96)97)34-99-98-33-47(70-57(90)44(24-37-10-4-3-5-11-37)66-49(80)28-75(30-51(83)84)22-20-74(29-50(81)82)21-23-76(31-52(85)86)32-53(87)88)60(93)68-45(25-38-15-17-40(79)18-16-38)58(91)69-46(26-39-27-65-42-13-7-6-12-41(39)42)59(92)67-43(56(89)72-54)14-8-9-19-64/h3-7,10-13,15-18,27,35-36,43-48,54-55,65,77-79H,8-9,14,19-26,28-34,64H2,1-2H3,(H,66,80)(H,67,92)(H,68,93)(H,69,91)(H,70,90)(H,71,95)(H,72,89)(H,73,94)(H,81,82)(H,83,84)(H,85,86)(H,87,88)(H,96,97)/t35-,36-,43+,44+,45?,46+,47+,48?,54?,55+/m1/s1. The Morgan fingerprint density at radius 1 is 0.586 bits per heavy atom. The van der Waals surface area contributed by atoms with Crippen LogP contribution < -0.4 is 48.3 Å². The lowest BCUT2D eigenvalue weighted by Gasteiger charge is -2.29. The molecule has 10 atom stereocenters. The van der Waals surface area contributed by atoms with Gasteiger partial charge in [-0.1, -0.05) is 82.3 Å². The number of carboxylic acid groups (broad SMARTS) is 5. The summed E-state index contributed by atoms with van der Waals surface area (Å²) >= 11 is 0. The zero-order chi connectivity index (χ0) is 72.9. The van der Waals surface area contributed by atoms with E-state index in [9.17, 15) is 93.6 Å². The van der Waals surface area contributed by atoms with Crippen LogP contribution in [0.15, 0.2) is 85.1 Å². The number of fused-ring (bicyclic) bond motifs is 1. The third kappa shape index (κ3) is 27.8. The zero-order valence-electron chi connectivity index (χ0n) is 54.2. The van der Waals surface area contributed by atoms with E-state index in [1.54, 1.807) is 60.8 Å². The van der Waals surface area contributed by atoms with Crippen LogP contribution in [0.2, 0.25) is 0 Å². The fourth-order valence-electron chi connectivity index (χ4n) is 10.3. The van der Waals surface area contributed by atoms with E-state index in [0.717, 1.165) is 45.2 Å². The SMILES string of the molecule is C[C@@H](O)C1NC(=O)[C@H](CCCCN)NC(=O)[C@H](Cc2c[nH]c3ccccc23)NC(=O)C(Cc2ccc(O)cc2)NC(=O)[C@@H](NC(=O)[C@H](Cc2ccccc2)NC(=O)CN(CCN(CCN(CC(=O)O)CC(=O)O)CC(=O)O)CC(=O)O)CSSCC(C(=O)N[C@H](C(=O)O)[C@@H](C)O)NC1=O. The number of carboxylic acids is 5. The topological polar surface area (TPSA) is 532 Å². The largest absolute Gasteiger partial charge is 0.508 e. The number of aliphatic hydroxyl groups excluding tert-OH is 2. The molecule has 1 saturated heterocycles. The van der Waals surface area contributed by atoms with E-state index < -0.39 is 182 Å². The number of aliphatic carboxylic acids is 5. The minimum absolute atomic E-state index is 0.106. The van der Waals surface area contributed by atoms with Gasteiger partial charge in [-0.15, -0.1) is 0 Å². The summed E-state index contributed by atoms with van der Waals surface area (Å²) in [5, 5.41) is 101. The number of amides is 8. The van der Waals surface area contributed by atoms with Crippen LogP contribution >= 0.6 is 21.6 Å². The number of phenols is 1. The van der Waals surface area contributed by atoms with Crippen LogP contribution in [0.3, 0.4) is 0 Å². The minimum atomic E-state index is -1.93. The number of nitrogens with zero attached hydrogens (tertiary/aromatic N) is 3. The number of aliphatic hydroxyl groups is 2. The Balaban J connectivity index is 1.59. The summed E-state index contributed by atoms with van der Waals surface area (Å²) in [4.78, 5) is 183. The molecule has 0 bridgehead atoms. The summed E-state index contributed by atoms with van der Waals surface area (Å²) < 4.78 is 0. The van der Waals surface area contributed by atoms with Gasteiger partial charge in [0.25, 0.3) is 0 Å². The Kier molecular flexibility index (Phi) is 32.8. The molecule has 3 aromatic carbocycles. The molecule has 99 heavy (non-hydrogen) atoms. The number of benzene rings is 3. The van der Waals surface area contributed by atoms with Gasteiger partial charge in [-0.25, -0.2) is 4.79 Å². The maximum absolute atomic E-state index is 15.2. The lowest BCUT2D eigenvalue weighted by Crippen LogP contribution is -2.62. The molecule has 0 saturated carbocycles. The molecule has 1 aliphatic rings. The van der Waals surface area contributed by atoms with E-state index in [-0.39, 0.29) is 70.6 Å². The van der Waals surface area contributed by atoms with E-state index in [2.05, 4.69) is 47.5 Å². The fourth-order valence-corrected chi connectivity index (χ4v) is 12.7. The molecular formula is C63H85N13O21S2. The maximum atomic E-state index is 15.2. The molecule has 19 N–H and O–H groups in total. The van der Waals surface area contributed by atoms with Crippen LogP contribution in [-0.2, 0) is 81.6 Å². The van der Waals surface area contributed by atoms with E-state index in [4.69, 9.17) is 5.73 Å². The summed E-state index contributed by atoms with van der Waals surface area (Å²) in [5.41, 5.74) is 7.79. The smallest absolute Gasteiger partial charge is 0.328 e. The second-order valence-corrected chi connectivity index (χ2v) is 26.0. The number of unbranched alkanes of at least 4 members (excludes halogenated alkanes) is 1. The van der Waals surface area contributed by atoms with E-state index >= 15 is 9.59 Å².